The predicted octanol–water partition coefficient (Wildman–Crippen LogP) is 2.88. The molecule has 0 bridgehead atoms. The summed E-state index contributed by atoms with van der Waals surface area (Å²) in [5.74, 6) is -0.783. The van der Waals surface area contributed by atoms with Crippen LogP contribution in [-0.4, -0.2) is 49.1 Å². The van der Waals surface area contributed by atoms with E-state index in [0.717, 1.165) is 37.7 Å². The standard InChI is InChI=1S/C21H30N2O5/c1-15(23(2)21(26)28-14-16-10-6-4-7-11-16)19(24)22-18(20(25)27-3)17-12-8-5-9-13-17/h4,6-7,10-11,15,17-18H,5,8-9,12-14H2,1-3H3,(H,22,24)/t15-,18-/m0/s1. The third-order valence-electron chi connectivity index (χ3n) is 5.33. The number of carbonyl (C=O) groups excluding carboxylic acids is 3. The Hall–Kier alpha value is -2.57. The fourth-order valence-corrected chi connectivity index (χ4v) is 3.39. The van der Waals surface area contributed by atoms with E-state index in [9.17, 15) is 14.4 Å². The Morgan fingerprint density at radius 1 is 1.14 bits per heavy atom. The number of ether oxygens (including phenoxy) is 2. The SMILES string of the molecule is COC(=O)[C@@H](NC(=O)[C@H](C)N(C)C(=O)OCc1ccccc1)C1CCCCC1. The van der Waals surface area contributed by atoms with Gasteiger partial charge in [-0.05, 0) is 31.2 Å². The summed E-state index contributed by atoms with van der Waals surface area (Å²) < 4.78 is 10.1. The van der Waals surface area contributed by atoms with Crippen molar-refractivity contribution in [1.82, 2.24) is 10.2 Å². The largest absolute Gasteiger partial charge is 0.467 e. The van der Waals surface area contributed by atoms with Crippen molar-refractivity contribution in [2.45, 2.75) is 57.7 Å². The highest BCUT2D eigenvalue weighted by atomic mass is 16.6. The summed E-state index contributed by atoms with van der Waals surface area (Å²) in [6.07, 6.45) is 4.38. The molecular weight excluding hydrogens is 360 g/mol. The van der Waals surface area contributed by atoms with E-state index in [-0.39, 0.29) is 12.5 Å². The second-order valence-electron chi connectivity index (χ2n) is 7.23. The minimum Gasteiger partial charge on any atom is -0.467 e. The lowest BCUT2D eigenvalue weighted by Crippen LogP contribution is -2.53. The molecule has 2 atom stereocenters. The van der Waals surface area contributed by atoms with Gasteiger partial charge in [0.1, 0.15) is 18.7 Å². The third-order valence-corrected chi connectivity index (χ3v) is 5.33. The van der Waals surface area contributed by atoms with Crippen molar-refractivity contribution < 1.29 is 23.9 Å². The molecule has 1 saturated carbocycles. The molecule has 28 heavy (non-hydrogen) atoms. The Bertz CT molecular complexity index is 658. The third kappa shape index (κ3) is 5.97. The minimum atomic E-state index is -0.779. The molecule has 1 aromatic rings. The van der Waals surface area contributed by atoms with Crippen LogP contribution in [0.4, 0.5) is 4.79 Å². The number of likely N-dealkylation sites (N-methyl/N-ethyl adjacent to an activating group) is 1. The van der Waals surface area contributed by atoms with Crippen molar-refractivity contribution >= 4 is 18.0 Å². The highest BCUT2D eigenvalue weighted by molar-refractivity contribution is 5.89. The van der Waals surface area contributed by atoms with E-state index in [0.29, 0.717) is 0 Å². The van der Waals surface area contributed by atoms with Crippen LogP contribution < -0.4 is 5.32 Å². The van der Waals surface area contributed by atoms with E-state index in [1.54, 1.807) is 6.92 Å². The maximum Gasteiger partial charge on any atom is 0.410 e. The van der Waals surface area contributed by atoms with Gasteiger partial charge in [0.25, 0.3) is 0 Å². The second kappa shape index (κ2) is 10.7. The van der Waals surface area contributed by atoms with Gasteiger partial charge in [-0.2, -0.15) is 0 Å². The maximum absolute atomic E-state index is 12.7. The Labute approximate surface area is 166 Å². The Balaban J connectivity index is 1.92. The van der Waals surface area contributed by atoms with Crippen LogP contribution >= 0.6 is 0 Å². The molecule has 1 fully saturated rings. The summed E-state index contributed by atoms with van der Waals surface area (Å²) >= 11 is 0. The van der Waals surface area contributed by atoms with Crippen LogP contribution in [0.3, 0.4) is 0 Å². The summed E-state index contributed by atoms with van der Waals surface area (Å²) in [7, 11) is 2.83. The van der Waals surface area contributed by atoms with Gasteiger partial charge in [-0.3, -0.25) is 9.69 Å². The second-order valence-corrected chi connectivity index (χ2v) is 7.23. The molecular formula is C21H30N2O5. The van der Waals surface area contributed by atoms with E-state index < -0.39 is 30.1 Å². The van der Waals surface area contributed by atoms with Gasteiger partial charge in [0.05, 0.1) is 7.11 Å². The predicted molar refractivity (Wildman–Crippen MR) is 104 cm³/mol. The highest BCUT2D eigenvalue weighted by Crippen LogP contribution is 2.27. The van der Waals surface area contributed by atoms with Crippen molar-refractivity contribution in [3.8, 4) is 0 Å². The summed E-state index contributed by atoms with van der Waals surface area (Å²) in [4.78, 5) is 38.4. The zero-order valence-electron chi connectivity index (χ0n) is 16.8. The fraction of sp³-hybridized carbons (Fsp3) is 0.571. The van der Waals surface area contributed by atoms with Crippen molar-refractivity contribution in [2.24, 2.45) is 5.92 Å². The molecule has 0 unspecified atom stereocenters. The number of hydrogen-bond donors (Lipinski definition) is 1. The lowest BCUT2D eigenvalue weighted by atomic mass is 9.83. The van der Waals surface area contributed by atoms with Crippen molar-refractivity contribution in [3.05, 3.63) is 35.9 Å². The van der Waals surface area contributed by atoms with Gasteiger partial charge in [0.2, 0.25) is 5.91 Å². The van der Waals surface area contributed by atoms with Gasteiger partial charge in [-0.25, -0.2) is 9.59 Å². The molecule has 154 valence electrons. The summed E-state index contributed by atoms with van der Waals surface area (Å²) in [5, 5.41) is 2.78. The Kier molecular flexibility index (Phi) is 8.29. The van der Waals surface area contributed by atoms with E-state index in [1.807, 2.05) is 30.3 Å². The quantitative estimate of drug-likeness (QED) is 0.724. The van der Waals surface area contributed by atoms with Crippen LogP contribution in [0, 0.1) is 5.92 Å². The van der Waals surface area contributed by atoms with Crippen molar-refractivity contribution in [1.29, 1.82) is 0 Å². The number of nitrogens with one attached hydrogen (secondary N) is 1. The van der Waals surface area contributed by atoms with Gasteiger partial charge >= 0.3 is 12.1 Å². The normalized spacial score (nSPS) is 16.5. The van der Waals surface area contributed by atoms with Gasteiger partial charge in [-0.15, -0.1) is 0 Å². The fourth-order valence-electron chi connectivity index (χ4n) is 3.39. The van der Waals surface area contributed by atoms with Crippen molar-refractivity contribution in [3.63, 3.8) is 0 Å². The molecule has 1 aliphatic carbocycles. The van der Waals surface area contributed by atoms with Crippen LogP contribution in [-0.2, 0) is 25.7 Å². The highest BCUT2D eigenvalue weighted by Gasteiger charge is 2.34. The first-order chi connectivity index (χ1) is 13.4. The average Bonchev–Trinajstić information content (AvgIpc) is 2.75. The lowest BCUT2D eigenvalue weighted by Gasteiger charge is -2.31. The molecule has 2 amide bonds. The first-order valence-corrected chi connectivity index (χ1v) is 9.75. The van der Waals surface area contributed by atoms with Gasteiger partial charge < -0.3 is 14.8 Å². The van der Waals surface area contributed by atoms with E-state index >= 15 is 0 Å². The minimum absolute atomic E-state index is 0.0627. The number of carbonyl (C=O) groups is 3. The van der Waals surface area contributed by atoms with Crippen molar-refractivity contribution in [2.75, 3.05) is 14.2 Å². The summed E-state index contributed by atoms with van der Waals surface area (Å²) in [6.45, 7) is 1.74. The van der Waals surface area contributed by atoms with Crippen LogP contribution in [0.2, 0.25) is 0 Å². The molecule has 7 nitrogen and oxygen atoms in total. The first kappa shape index (κ1) is 21.7. The smallest absolute Gasteiger partial charge is 0.410 e. The number of benzene rings is 1. The number of methoxy groups -OCH3 is 1. The Morgan fingerprint density at radius 2 is 1.79 bits per heavy atom. The molecule has 0 heterocycles. The number of esters is 1. The lowest BCUT2D eigenvalue weighted by molar-refractivity contribution is -0.147. The zero-order valence-corrected chi connectivity index (χ0v) is 16.8. The van der Waals surface area contributed by atoms with Gasteiger partial charge in [0, 0.05) is 7.05 Å². The van der Waals surface area contributed by atoms with Crippen LogP contribution in [0.5, 0.6) is 0 Å². The molecule has 1 N–H and O–H groups in total. The molecule has 0 spiro atoms. The molecule has 1 aliphatic rings. The molecule has 0 aliphatic heterocycles. The van der Waals surface area contributed by atoms with E-state index in [1.165, 1.54) is 19.1 Å². The Morgan fingerprint density at radius 3 is 2.39 bits per heavy atom. The first-order valence-electron chi connectivity index (χ1n) is 9.75. The zero-order chi connectivity index (χ0) is 20.5. The molecule has 7 heteroatoms. The number of nitrogens with zero attached hydrogens (tertiary/aromatic N) is 1. The number of amides is 2. The monoisotopic (exact) mass is 390 g/mol. The van der Waals surface area contributed by atoms with E-state index in [2.05, 4.69) is 5.32 Å². The molecule has 0 saturated heterocycles. The number of rotatable bonds is 7. The summed E-state index contributed by atoms with van der Waals surface area (Å²) in [6, 6.07) is 7.85. The number of hydrogen-bond acceptors (Lipinski definition) is 5. The molecule has 0 radical (unpaired) electrons. The topological polar surface area (TPSA) is 84.9 Å². The van der Waals surface area contributed by atoms with Gasteiger partial charge in [0.15, 0.2) is 0 Å². The molecule has 0 aromatic heterocycles. The van der Waals surface area contributed by atoms with Crippen LogP contribution in [0.1, 0.15) is 44.6 Å². The summed E-state index contributed by atoms with van der Waals surface area (Å²) in [5.41, 5.74) is 0.865. The molecule has 2 rings (SSSR count). The van der Waals surface area contributed by atoms with Gasteiger partial charge in [-0.1, -0.05) is 49.6 Å². The van der Waals surface area contributed by atoms with E-state index in [4.69, 9.17) is 9.47 Å². The van der Waals surface area contributed by atoms with Crippen LogP contribution in [0.15, 0.2) is 30.3 Å². The molecule has 1 aromatic carbocycles. The maximum atomic E-state index is 12.7. The van der Waals surface area contributed by atoms with Crippen LogP contribution in [0.25, 0.3) is 0 Å². The average molecular weight is 390 g/mol.